The molecule has 0 fully saturated rings. The quantitative estimate of drug-likeness (QED) is 0.513. The van der Waals surface area contributed by atoms with Crippen LogP contribution in [0.2, 0.25) is 10.0 Å². The first-order valence-corrected chi connectivity index (χ1v) is 8.35. The third-order valence-electron chi connectivity index (χ3n) is 3.04. The minimum absolute atomic E-state index is 0.242. The van der Waals surface area contributed by atoms with E-state index >= 15 is 0 Å². The summed E-state index contributed by atoms with van der Waals surface area (Å²) in [6.07, 6.45) is 2.97. The maximum atomic E-state index is 11.9. The van der Waals surface area contributed by atoms with Crippen molar-refractivity contribution in [1.29, 1.82) is 0 Å². The van der Waals surface area contributed by atoms with Crippen LogP contribution in [0.25, 0.3) is 0 Å². The van der Waals surface area contributed by atoms with E-state index < -0.39 is 11.9 Å². The molecular weight excluding hydrogens is 355 g/mol. The van der Waals surface area contributed by atoms with Gasteiger partial charge in [-0.15, -0.1) is 0 Å². The van der Waals surface area contributed by atoms with E-state index in [1.807, 2.05) is 0 Å². The summed E-state index contributed by atoms with van der Waals surface area (Å²) >= 11 is 11.6. The van der Waals surface area contributed by atoms with Crippen molar-refractivity contribution in [2.24, 2.45) is 0 Å². The molecule has 0 radical (unpaired) electrons. The van der Waals surface area contributed by atoms with Gasteiger partial charge in [0.15, 0.2) is 6.61 Å². The number of hydrogen-bond acceptors (Lipinski definition) is 4. The fraction of sp³-hybridized carbons (Fsp3) is 0.438. The van der Waals surface area contributed by atoms with E-state index in [4.69, 9.17) is 27.9 Å². The number of halogens is 2. The Labute approximate surface area is 150 Å². The van der Waals surface area contributed by atoms with Gasteiger partial charge in [0.1, 0.15) is 6.54 Å². The second-order valence-corrected chi connectivity index (χ2v) is 5.84. The second-order valence-electron chi connectivity index (χ2n) is 5.03. The molecule has 0 heterocycles. The minimum atomic E-state index is -0.702. The van der Waals surface area contributed by atoms with Crippen LogP contribution in [0.15, 0.2) is 18.2 Å². The van der Waals surface area contributed by atoms with E-state index in [1.54, 1.807) is 0 Å². The third kappa shape index (κ3) is 7.66. The van der Waals surface area contributed by atoms with Gasteiger partial charge in [0, 0.05) is 12.1 Å². The molecule has 6 nitrogen and oxygen atoms in total. The van der Waals surface area contributed by atoms with Crippen LogP contribution in [0.1, 0.15) is 36.5 Å². The maximum absolute atomic E-state index is 11.9. The van der Waals surface area contributed by atoms with Crippen LogP contribution in [-0.2, 0) is 14.3 Å². The average molecular weight is 375 g/mol. The number of nitrogens with one attached hydrogen (secondary N) is 2. The van der Waals surface area contributed by atoms with Crippen molar-refractivity contribution in [3.63, 3.8) is 0 Å². The molecule has 0 aliphatic heterocycles. The molecule has 0 aliphatic carbocycles. The number of amides is 2. The minimum Gasteiger partial charge on any atom is -0.454 e. The number of benzene rings is 1. The van der Waals surface area contributed by atoms with E-state index in [2.05, 4.69) is 17.6 Å². The van der Waals surface area contributed by atoms with Crippen molar-refractivity contribution in [3.05, 3.63) is 33.8 Å². The number of rotatable bonds is 9. The van der Waals surface area contributed by atoms with Crippen molar-refractivity contribution >= 4 is 41.0 Å². The molecule has 2 N–H and O–H groups in total. The van der Waals surface area contributed by atoms with E-state index in [-0.39, 0.29) is 29.6 Å². The van der Waals surface area contributed by atoms with Crippen LogP contribution >= 0.6 is 23.2 Å². The smallest absolute Gasteiger partial charge is 0.325 e. The van der Waals surface area contributed by atoms with Gasteiger partial charge < -0.3 is 15.4 Å². The molecule has 1 aromatic rings. The number of carbonyl (C=O) groups is 3. The number of carbonyl (C=O) groups excluding carboxylic acids is 3. The van der Waals surface area contributed by atoms with Gasteiger partial charge in [-0.25, -0.2) is 0 Å². The lowest BCUT2D eigenvalue weighted by molar-refractivity contribution is -0.147. The Balaban J connectivity index is 2.26. The summed E-state index contributed by atoms with van der Waals surface area (Å²) in [5.74, 6) is -1.56. The molecule has 0 saturated heterocycles. The number of esters is 1. The molecule has 132 valence electrons. The molecule has 0 bridgehead atoms. The molecule has 8 heteroatoms. The third-order valence-corrected chi connectivity index (χ3v) is 3.78. The lowest BCUT2D eigenvalue weighted by Gasteiger charge is -2.08. The van der Waals surface area contributed by atoms with Crippen molar-refractivity contribution < 1.29 is 19.1 Å². The zero-order valence-corrected chi connectivity index (χ0v) is 14.9. The maximum Gasteiger partial charge on any atom is 0.325 e. The van der Waals surface area contributed by atoms with Crippen LogP contribution in [-0.4, -0.2) is 37.5 Å². The van der Waals surface area contributed by atoms with Gasteiger partial charge in [0.05, 0.1) is 10.0 Å². The summed E-state index contributed by atoms with van der Waals surface area (Å²) in [5, 5.41) is 5.60. The highest BCUT2D eigenvalue weighted by atomic mass is 35.5. The largest absolute Gasteiger partial charge is 0.454 e. The lowest BCUT2D eigenvalue weighted by Crippen LogP contribution is -2.34. The summed E-state index contributed by atoms with van der Waals surface area (Å²) in [6.45, 7) is 1.91. The molecule has 0 aliphatic rings. The Morgan fingerprint density at radius 2 is 1.83 bits per heavy atom. The molecule has 0 aromatic heterocycles. The van der Waals surface area contributed by atoms with Gasteiger partial charge in [-0.05, 0) is 24.6 Å². The van der Waals surface area contributed by atoms with Crippen molar-refractivity contribution in [2.45, 2.75) is 26.2 Å². The summed E-state index contributed by atoms with van der Waals surface area (Å²) in [5.41, 5.74) is 0.269. The van der Waals surface area contributed by atoms with Gasteiger partial charge in [-0.2, -0.15) is 0 Å². The number of unbranched alkanes of at least 4 members (excludes halogenated alkanes) is 2. The van der Waals surface area contributed by atoms with Gasteiger partial charge in [-0.1, -0.05) is 43.0 Å². The van der Waals surface area contributed by atoms with E-state index in [9.17, 15) is 14.4 Å². The molecule has 0 unspecified atom stereocenters. The second kappa shape index (κ2) is 10.9. The van der Waals surface area contributed by atoms with Crippen molar-refractivity contribution in [2.75, 3.05) is 19.7 Å². The first-order valence-electron chi connectivity index (χ1n) is 7.59. The summed E-state index contributed by atoms with van der Waals surface area (Å²) in [7, 11) is 0. The van der Waals surface area contributed by atoms with Gasteiger partial charge in [0.2, 0.25) is 0 Å². The van der Waals surface area contributed by atoms with E-state index in [0.29, 0.717) is 11.6 Å². The van der Waals surface area contributed by atoms with Crippen LogP contribution in [0, 0.1) is 0 Å². The zero-order valence-electron chi connectivity index (χ0n) is 13.4. The molecular formula is C16H20Cl2N2O4. The van der Waals surface area contributed by atoms with Crippen LogP contribution in [0.4, 0.5) is 0 Å². The fourth-order valence-corrected chi connectivity index (χ4v) is 2.04. The normalized spacial score (nSPS) is 10.1. The molecule has 1 aromatic carbocycles. The van der Waals surface area contributed by atoms with Crippen LogP contribution in [0.5, 0.6) is 0 Å². The molecule has 0 atom stereocenters. The fourth-order valence-electron chi connectivity index (χ4n) is 1.74. The van der Waals surface area contributed by atoms with Crippen LogP contribution in [0.3, 0.4) is 0 Å². The number of ether oxygens (including phenoxy) is 1. The predicted molar refractivity (Wildman–Crippen MR) is 92.3 cm³/mol. The molecule has 0 saturated carbocycles. The molecule has 1 rings (SSSR count). The van der Waals surface area contributed by atoms with Gasteiger partial charge in [0.25, 0.3) is 11.8 Å². The molecule has 2 amide bonds. The highest BCUT2D eigenvalue weighted by Gasteiger charge is 2.11. The van der Waals surface area contributed by atoms with E-state index in [0.717, 1.165) is 19.3 Å². The van der Waals surface area contributed by atoms with Gasteiger partial charge in [-0.3, -0.25) is 14.4 Å². The predicted octanol–water partition coefficient (Wildman–Crippen LogP) is 2.57. The SMILES string of the molecule is CCCCCNC(=O)COC(=O)CNC(=O)c1ccc(Cl)c(Cl)c1. The Hall–Kier alpha value is -1.79. The van der Waals surface area contributed by atoms with Gasteiger partial charge >= 0.3 is 5.97 Å². The summed E-state index contributed by atoms with van der Waals surface area (Å²) < 4.78 is 4.78. The topological polar surface area (TPSA) is 84.5 Å². The Bertz CT molecular complexity index is 593. The Morgan fingerprint density at radius 3 is 2.50 bits per heavy atom. The first kappa shape index (κ1) is 20.3. The Morgan fingerprint density at radius 1 is 1.08 bits per heavy atom. The highest BCUT2D eigenvalue weighted by Crippen LogP contribution is 2.22. The monoisotopic (exact) mass is 374 g/mol. The van der Waals surface area contributed by atoms with Crippen molar-refractivity contribution in [3.8, 4) is 0 Å². The standard InChI is InChI=1S/C16H20Cl2N2O4/c1-2-3-4-7-19-14(21)10-24-15(22)9-20-16(23)11-5-6-12(17)13(18)8-11/h5-6,8H,2-4,7,9-10H2,1H3,(H,19,21)(H,20,23). The summed E-state index contributed by atoms with van der Waals surface area (Å²) in [6, 6.07) is 4.37. The molecule has 0 spiro atoms. The summed E-state index contributed by atoms with van der Waals surface area (Å²) in [4.78, 5) is 34.8. The highest BCUT2D eigenvalue weighted by molar-refractivity contribution is 6.42. The number of hydrogen-bond donors (Lipinski definition) is 2. The van der Waals surface area contributed by atoms with E-state index in [1.165, 1.54) is 18.2 Å². The Kier molecular flexibility index (Phi) is 9.19. The van der Waals surface area contributed by atoms with Crippen molar-refractivity contribution in [1.82, 2.24) is 10.6 Å². The lowest BCUT2D eigenvalue weighted by atomic mass is 10.2. The average Bonchev–Trinajstić information content (AvgIpc) is 2.57. The zero-order chi connectivity index (χ0) is 17.9. The van der Waals surface area contributed by atoms with Crippen LogP contribution < -0.4 is 10.6 Å². The molecule has 24 heavy (non-hydrogen) atoms. The first-order chi connectivity index (χ1) is 11.4.